The molecule has 3 heteroatoms. The van der Waals surface area contributed by atoms with Crippen LogP contribution in [0.4, 0.5) is 0 Å². The van der Waals surface area contributed by atoms with E-state index < -0.39 is 0 Å². The minimum Gasteiger partial charge on any atom is -0.309 e. The molecule has 0 bridgehead atoms. The molecule has 0 aliphatic carbocycles. The van der Waals surface area contributed by atoms with E-state index in [0.29, 0.717) is 12.0 Å². The largest absolute Gasteiger partial charge is 0.309 e. The predicted molar refractivity (Wildman–Crippen MR) is 67.8 cm³/mol. The fourth-order valence-electron chi connectivity index (χ4n) is 1.62. The molecular weight excluding hydrogens is 252 g/mol. The Kier molecular flexibility index (Phi) is 5.26. The molecule has 0 aliphatic heterocycles. The number of aromatic nitrogens is 1. The normalized spacial score (nSPS) is 13.1. The van der Waals surface area contributed by atoms with Gasteiger partial charge in [-0.25, -0.2) is 0 Å². The molecule has 0 fully saturated rings. The van der Waals surface area contributed by atoms with Crippen molar-refractivity contribution in [1.29, 1.82) is 0 Å². The second-order valence-corrected chi connectivity index (χ2v) is 5.06. The van der Waals surface area contributed by atoms with E-state index in [0.717, 1.165) is 23.1 Å². The first-order chi connectivity index (χ1) is 7.13. The second-order valence-electron chi connectivity index (χ2n) is 4.14. The van der Waals surface area contributed by atoms with Gasteiger partial charge >= 0.3 is 0 Å². The molecule has 0 aromatic carbocycles. The van der Waals surface area contributed by atoms with E-state index >= 15 is 0 Å². The van der Waals surface area contributed by atoms with Gasteiger partial charge in [-0.05, 0) is 46.9 Å². The van der Waals surface area contributed by atoms with Crippen molar-refractivity contribution in [3.63, 3.8) is 0 Å². The van der Waals surface area contributed by atoms with Gasteiger partial charge in [0.2, 0.25) is 0 Å². The van der Waals surface area contributed by atoms with Crippen molar-refractivity contribution in [2.24, 2.45) is 5.92 Å². The van der Waals surface area contributed by atoms with E-state index in [1.54, 1.807) is 0 Å². The summed E-state index contributed by atoms with van der Waals surface area (Å²) >= 11 is 3.40. The Balaban J connectivity index is 2.74. The van der Waals surface area contributed by atoms with Crippen LogP contribution in [0.25, 0.3) is 0 Å². The Morgan fingerprint density at radius 1 is 1.40 bits per heavy atom. The zero-order chi connectivity index (χ0) is 11.3. The molecule has 1 aromatic heterocycles. The van der Waals surface area contributed by atoms with Gasteiger partial charge in [-0.1, -0.05) is 20.8 Å². The Labute approximate surface area is 101 Å². The van der Waals surface area contributed by atoms with Gasteiger partial charge in [0, 0.05) is 16.7 Å². The summed E-state index contributed by atoms with van der Waals surface area (Å²) < 4.78 is 1.03. The summed E-state index contributed by atoms with van der Waals surface area (Å²) in [6.45, 7) is 7.59. The van der Waals surface area contributed by atoms with Crippen LogP contribution in [0.5, 0.6) is 0 Å². The average molecular weight is 271 g/mol. The summed E-state index contributed by atoms with van der Waals surface area (Å²) in [5, 5.41) is 3.47. The molecule has 84 valence electrons. The fourth-order valence-corrected chi connectivity index (χ4v) is 1.85. The molecule has 0 aliphatic rings. The number of hydrogen-bond acceptors (Lipinski definition) is 2. The number of nitrogens with one attached hydrogen (secondary N) is 1. The lowest BCUT2D eigenvalue weighted by Gasteiger charge is -2.19. The topological polar surface area (TPSA) is 24.9 Å². The van der Waals surface area contributed by atoms with Crippen LogP contribution >= 0.6 is 15.9 Å². The standard InChI is InChI=1S/C12H19BrN2/c1-4-14-12(7-9(2)3)11-6-5-10(13)8-15-11/h5-6,8-9,12,14H,4,7H2,1-3H3. The molecule has 1 rings (SSSR count). The highest BCUT2D eigenvalue weighted by Crippen LogP contribution is 2.20. The second kappa shape index (κ2) is 6.23. The molecule has 15 heavy (non-hydrogen) atoms. The van der Waals surface area contributed by atoms with Gasteiger partial charge in [0.05, 0.1) is 5.69 Å². The van der Waals surface area contributed by atoms with E-state index in [1.807, 2.05) is 12.3 Å². The van der Waals surface area contributed by atoms with Crippen LogP contribution in [-0.4, -0.2) is 11.5 Å². The Morgan fingerprint density at radius 3 is 2.60 bits per heavy atom. The van der Waals surface area contributed by atoms with Gasteiger partial charge in [0.25, 0.3) is 0 Å². The van der Waals surface area contributed by atoms with Crippen molar-refractivity contribution in [3.8, 4) is 0 Å². The lowest BCUT2D eigenvalue weighted by molar-refractivity contribution is 0.431. The molecule has 0 spiro atoms. The molecule has 1 atom stereocenters. The third kappa shape index (κ3) is 4.31. The summed E-state index contributed by atoms with van der Waals surface area (Å²) in [7, 11) is 0. The van der Waals surface area contributed by atoms with Crippen LogP contribution in [0.2, 0.25) is 0 Å². The molecule has 1 unspecified atom stereocenters. The van der Waals surface area contributed by atoms with Gasteiger partial charge < -0.3 is 5.32 Å². The first kappa shape index (κ1) is 12.7. The average Bonchev–Trinajstić information content (AvgIpc) is 2.17. The molecule has 0 saturated carbocycles. The smallest absolute Gasteiger partial charge is 0.0574 e. The summed E-state index contributed by atoms with van der Waals surface area (Å²) in [6.07, 6.45) is 2.99. The van der Waals surface area contributed by atoms with Crippen molar-refractivity contribution in [2.75, 3.05) is 6.54 Å². The maximum atomic E-state index is 4.44. The Bertz CT molecular complexity index is 282. The van der Waals surface area contributed by atoms with Crippen LogP contribution in [0.15, 0.2) is 22.8 Å². The number of rotatable bonds is 5. The minimum atomic E-state index is 0.378. The van der Waals surface area contributed by atoms with Crippen LogP contribution < -0.4 is 5.32 Å². The quantitative estimate of drug-likeness (QED) is 0.886. The SMILES string of the molecule is CCNC(CC(C)C)c1ccc(Br)cn1. The predicted octanol–water partition coefficient (Wildman–Crippen LogP) is 3.54. The number of pyridine rings is 1. The lowest BCUT2D eigenvalue weighted by Crippen LogP contribution is -2.23. The van der Waals surface area contributed by atoms with Gasteiger partial charge in [0.15, 0.2) is 0 Å². The van der Waals surface area contributed by atoms with Crippen LogP contribution in [0, 0.1) is 5.92 Å². The maximum Gasteiger partial charge on any atom is 0.0574 e. The van der Waals surface area contributed by atoms with Crippen molar-refractivity contribution in [1.82, 2.24) is 10.3 Å². The molecule has 2 nitrogen and oxygen atoms in total. The van der Waals surface area contributed by atoms with Gasteiger partial charge in [-0.3, -0.25) is 4.98 Å². The Hall–Kier alpha value is -0.410. The highest BCUT2D eigenvalue weighted by atomic mass is 79.9. The van der Waals surface area contributed by atoms with Crippen LogP contribution in [-0.2, 0) is 0 Å². The van der Waals surface area contributed by atoms with E-state index in [1.165, 1.54) is 0 Å². The summed E-state index contributed by atoms with van der Waals surface area (Å²) in [5.41, 5.74) is 1.13. The molecule has 0 saturated heterocycles. The molecule has 1 N–H and O–H groups in total. The monoisotopic (exact) mass is 270 g/mol. The molecule has 1 heterocycles. The van der Waals surface area contributed by atoms with Crippen molar-refractivity contribution in [3.05, 3.63) is 28.5 Å². The first-order valence-electron chi connectivity index (χ1n) is 5.48. The van der Waals surface area contributed by atoms with Crippen molar-refractivity contribution < 1.29 is 0 Å². The highest BCUT2D eigenvalue weighted by molar-refractivity contribution is 9.10. The zero-order valence-electron chi connectivity index (χ0n) is 9.63. The van der Waals surface area contributed by atoms with E-state index in [-0.39, 0.29) is 0 Å². The molecule has 0 radical (unpaired) electrons. The summed E-state index contributed by atoms with van der Waals surface area (Å²) in [5.74, 6) is 0.680. The minimum absolute atomic E-state index is 0.378. The molecular formula is C12H19BrN2. The van der Waals surface area contributed by atoms with Gasteiger partial charge in [-0.15, -0.1) is 0 Å². The number of halogens is 1. The van der Waals surface area contributed by atoms with Crippen molar-refractivity contribution in [2.45, 2.75) is 33.2 Å². The van der Waals surface area contributed by atoms with Gasteiger partial charge in [-0.2, -0.15) is 0 Å². The van der Waals surface area contributed by atoms with Crippen LogP contribution in [0.3, 0.4) is 0 Å². The van der Waals surface area contributed by atoms with Gasteiger partial charge in [0.1, 0.15) is 0 Å². The number of hydrogen-bond donors (Lipinski definition) is 1. The third-order valence-corrected chi connectivity index (χ3v) is 2.73. The fraction of sp³-hybridized carbons (Fsp3) is 0.583. The maximum absolute atomic E-state index is 4.44. The Morgan fingerprint density at radius 2 is 2.13 bits per heavy atom. The van der Waals surface area contributed by atoms with Crippen molar-refractivity contribution >= 4 is 15.9 Å². The van der Waals surface area contributed by atoms with E-state index in [9.17, 15) is 0 Å². The van der Waals surface area contributed by atoms with Crippen LogP contribution in [0.1, 0.15) is 38.9 Å². The first-order valence-corrected chi connectivity index (χ1v) is 6.27. The molecule has 1 aromatic rings. The van der Waals surface area contributed by atoms with E-state index in [4.69, 9.17) is 0 Å². The summed E-state index contributed by atoms with van der Waals surface area (Å²) in [6, 6.07) is 4.51. The van der Waals surface area contributed by atoms with E-state index in [2.05, 4.69) is 53.1 Å². The highest BCUT2D eigenvalue weighted by Gasteiger charge is 2.12. The lowest BCUT2D eigenvalue weighted by atomic mass is 10.0. The summed E-state index contributed by atoms with van der Waals surface area (Å²) in [4.78, 5) is 4.44. The zero-order valence-corrected chi connectivity index (χ0v) is 11.2. The molecule has 0 amide bonds. The third-order valence-electron chi connectivity index (χ3n) is 2.26. The number of nitrogens with zero attached hydrogens (tertiary/aromatic N) is 1.